The van der Waals surface area contributed by atoms with E-state index in [9.17, 15) is 24.6 Å². The van der Waals surface area contributed by atoms with Crippen LogP contribution in [0.5, 0.6) is 0 Å². The zero-order valence-electron chi connectivity index (χ0n) is 19.6. The molecule has 1 amide bonds. The van der Waals surface area contributed by atoms with E-state index >= 15 is 0 Å². The quantitative estimate of drug-likeness (QED) is 0.343. The molecule has 8 heteroatoms. The predicted molar refractivity (Wildman–Crippen MR) is 119 cm³/mol. The van der Waals surface area contributed by atoms with Gasteiger partial charge >= 0.3 is 11.9 Å². The van der Waals surface area contributed by atoms with Crippen molar-refractivity contribution in [2.45, 2.75) is 83.6 Å². The largest absolute Gasteiger partial charge is 0.481 e. The Bertz CT molecular complexity index is 617. The lowest BCUT2D eigenvalue weighted by atomic mass is 9.70. The highest BCUT2D eigenvalue weighted by Crippen LogP contribution is 2.47. The summed E-state index contributed by atoms with van der Waals surface area (Å²) in [5, 5.41) is 22.3. The molecular weight excluding hydrogens is 414 g/mol. The molecule has 32 heavy (non-hydrogen) atoms. The molecule has 2 aliphatic carbocycles. The molecule has 0 aromatic rings. The molecule has 2 aliphatic rings. The smallest absolute Gasteiger partial charge is 0.306 e. The lowest BCUT2D eigenvalue weighted by Gasteiger charge is -2.39. The van der Waals surface area contributed by atoms with E-state index in [4.69, 9.17) is 9.47 Å². The van der Waals surface area contributed by atoms with Gasteiger partial charge in [-0.3, -0.25) is 14.4 Å². The summed E-state index contributed by atoms with van der Waals surface area (Å²) in [7, 11) is 1.58. The van der Waals surface area contributed by atoms with Crippen LogP contribution in [0.25, 0.3) is 0 Å². The number of carbonyl (C=O) groups excluding carboxylic acids is 1. The fraction of sp³-hybridized carbons (Fsp3) is 0.875. The molecule has 2 saturated carbocycles. The van der Waals surface area contributed by atoms with Crippen LogP contribution < -0.4 is 5.32 Å². The minimum Gasteiger partial charge on any atom is -0.481 e. The van der Waals surface area contributed by atoms with E-state index in [1.807, 2.05) is 0 Å². The van der Waals surface area contributed by atoms with E-state index in [-0.39, 0.29) is 36.8 Å². The fourth-order valence-corrected chi connectivity index (χ4v) is 5.65. The van der Waals surface area contributed by atoms with Crippen LogP contribution in [-0.4, -0.2) is 61.0 Å². The third-order valence-electron chi connectivity index (χ3n) is 7.46. The molecule has 3 N–H and O–H groups in total. The van der Waals surface area contributed by atoms with Crippen molar-refractivity contribution in [2.75, 3.05) is 26.9 Å². The Morgan fingerprint density at radius 3 is 2.44 bits per heavy atom. The number of nitrogens with one attached hydrogen (secondary N) is 1. The first-order valence-corrected chi connectivity index (χ1v) is 12.2. The molecule has 0 spiro atoms. The number of carboxylic acids is 2. The summed E-state index contributed by atoms with van der Waals surface area (Å²) in [4.78, 5) is 36.9. The van der Waals surface area contributed by atoms with Gasteiger partial charge in [0.1, 0.15) is 0 Å². The SMILES string of the molecule is CCCCC1CC(NC(=O)C2(C(COCCOC)CC(=O)O)CCCC2)CCC1C(=O)O. The minimum atomic E-state index is -0.925. The van der Waals surface area contributed by atoms with Gasteiger partial charge in [-0.2, -0.15) is 0 Å². The topological polar surface area (TPSA) is 122 Å². The summed E-state index contributed by atoms with van der Waals surface area (Å²) < 4.78 is 10.7. The van der Waals surface area contributed by atoms with E-state index in [0.717, 1.165) is 32.1 Å². The first-order valence-electron chi connectivity index (χ1n) is 12.2. The van der Waals surface area contributed by atoms with Gasteiger partial charge in [0.25, 0.3) is 0 Å². The molecule has 0 aliphatic heterocycles. The number of carboxylic acid groups (broad SMARTS) is 2. The Hall–Kier alpha value is -1.67. The minimum absolute atomic E-state index is 0.0580. The number of hydrogen-bond donors (Lipinski definition) is 3. The van der Waals surface area contributed by atoms with E-state index in [0.29, 0.717) is 45.3 Å². The zero-order valence-corrected chi connectivity index (χ0v) is 19.6. The number of rotatable bonds is 14. The van der Waals surface area contributed by atoms with E-state index < -0.39 is 23.3 Å². The number of aliphatic carboxylic acids is 2. The normalized spacial score (nSPS) is 25.9. The number of ether oxygens (including phenoxy) is 2. The molecule has 2 rings (SSSR count). The molecule has 0 bridgehead atoms. The van der Waals surface area contributed by atoms with Gasteiger partial charge in [0.15, 0.2) is 0 Å². The van der Waals surface area contributed by atoms with E-state index in [1.165, 1.54) is 0 Å². The van der Waals surface area contributed by atoms with Crippen molar-refractivity contribution >= 4 is 17.8 Å². The van der Waals surface area contributed by atoms with Crippen molar-refractivity contribution in [3.05, 3.63) is 0 Å². The molecule has 184 valence electrons. The molecule has 0 aromatic heterocycles. The van der Waals surface area contributed by atoms with E-state index in [2.05, 4.69) is 12.2 Å². The average molecular weight is 456 g/mol. The van der Waals surface area contributed by atoms with Crippen LogP contribution in [0.1, 0.15) is 77.6 Å². The number of methoxy groups -OCH3 is 1. The molecule has 4 unspecified atom stereocenters. The Balaban J connectivity index is 2.10. The Morgan fingerprint density at radius 1 is 1.12 bits per heavy atom. The van der Waals surface area contributed by atoms with Crippen LogP contribution >= 0.6 is 0 Å². The summed E-state index contributed by atoms with van der Waals surface area (Å²) >= 11 is 0. The third-order valence-corrected chi connectivity index (χ3v) is 7.46. The lowest BCUT2D eigenvalue weighted by Crippen LogP contribution is -2.51. The molecule has 0 heterocycles. The zero-order chi connectivity index (χ0) is 23.6. The van der Waals surface area contributed by atoms with Crippen LogP contribution in [0.4, 0.5) is 0 Å². The maximum absolute atomic E-state index is 13.6. The Labute approximate surface area is 191 Å². The van der Waals surface area contributed by atoms with E-state index in [1.54, 1.807) is 7.11 Å². The highest BCUT2D eigenvalue weighted by atomic mass is 16.5. The summed E-state index contributed by atoms with van der Waals surface area (Å²) in [6.07, 6.45) is 7.76. The first-order chi connectivity index (χ1) is 15.3. The number of carbonyl (C=O) groups is 3. The monoisotopic (exact) mass is 455 g/mol. The second-order valence-corrected chi connectivity index (χ2v) is 9.56. The van der Waals surface area contributed by atoms with Crippen molar-refractivity contribution in [2.24, 2.45) is 23.2 Å². The molecule has 0 radical (unpaired) electrons. The van der Waals surface area contributed by atoms with Crippen LogP contribution in [0.3, 0.4) is 0 Å². The van der Waals surface area contributed by atoms with Gasteiger partial charge in [-0.05, 0) is 44.4 Å². The molecule has 2 fully saturated rings. The van der Waals surface area contributed by atoms with Gasteiger partial charge in [-0.1, -0.05) is 32.6 Å². The van der Waals surface area contributed by atoms with Gasteiger partial charge < -0.3 is 25.0 Å². The Morgan fingerprint density at radius 2 is 1.84 bits per heavy atom. The first kappa shape index (κ1) is 26.6. The molecular formula is C24H41NO7. The maximum atomic E-state index is 13.6. The highest BCUT2D eigenvalue weighted by molar-refractivity contribution is 5.84. The van der Waals surface area contributed by atoms with Gasteiger partial charge in [0, 0.05) is 19.1 Å². The van der Waals surface area contributed by atoms with Crippen molar-refractivity contribution in [3.63, 3.8) is 0 Å². The van der Waals surface area contributed by atoms with Crippen LogP contribution in [-0.2, 0) is 23.9 Å². The van der Waals surface area contributed by atoms with Crippen molar-refractivity contribution in [1.29, 1.82) is 0 Å². The van der Waals surface area contributed by atoms with Gasteiger partial charge in [-0.15, -0.1) is 0 Å². The fourth-order valence-electron chi connectivity index (χ4n) is 5.65. The standard InChI is InChI=1S/C24H41NO7/c1-3-4-7-17-14-19(8-9-20(17)22(28)29)25-23(30)24(10-5-6-11-24)18(15-21(26)27)16-32-13-12-31-2/h17-20H,3-16H2,1-2H3,(H,25,30)(H,26,27)(H,28,29). The Kier molecular flexibility index (Phi) is 10.9. The number of hydrogen-bond acceptors (Lipinski definition) is 5. The van der Waals surface area contributed by atoms with Crippen molar-refractivity contribution < 1.29 is 34.1 Å². The second-order valence-electron chi connectivity index (χ2n) is 9.56. The van der Waals surface area contributed by atoms with Crippen molar-refractivity contribution in [1.82, 2.24) is 5.32 Å². The lowest BCUT2D eigenvalue weighted by molar-refractivity contribution is -0.145. The molecule has 8 nitrogen and oxygen atoms in total. The third kappa shape index (κ3) is 7.17. The summed E-state index contributed by atoms with van der Waals surface area (Å²) in [6, 6.07) is -0.0580. The number of unbranched alkanes of at least 4 members (excludes halogenated alkanes) is 1. The summed E-state index contributed by atoms with van der Waals surface area (Å²) in [5.41, 5.74) is -0.742. The maximum Gasteiger partial charge on any atom is 0.306 e. The average Bonchev–Trinajstić information content (AvgIpc) is 3.25. The second kappa shape index (κ2) is 13.1. The van der Waals surface area contributed by atoms with Crippen LogP contribution in [0.15, 0.2) is 0 Å². The van der Waals surface area contributed by atoms with Gasteiger partial charge in [0.05, 0.1) is 37.6 Å². The van der Waals surface area contributed by atoms with Crippen molar-refractivity contribution in [3.8, 4) is 0 Å². The summed E-state index contributed by atoms with van der Waals surface area (Å²) in [5.74, 6) is -2.42. The highest BCUT2D eigenvalue weighted by Gasteiger charge is 2.49. The van der Waals surface area contributed by atoms with Crippen LogP contribution in [0, 0.1) is 23.2 Å². The number of amides is 1. The van der Waals surface area contributed by atoms with Gasteiger partial charge in [-0.25, -0.2) is 0 Å². The van der Waals surface area contributed by atoms with Crippen LogP contribution in [0.2, 0.25) is 0 Å². The molecule has 0 saturated heterocycles. The van der Waals surface area contributed by atoms with Gasteiger partial charge in [0.2, 0.25) is 5.91 Å². The molecule has 0 aromatic carbocycles. The molecule has 4 atom stereocenters. The predicted octanol–water partition coefficient (Wildman–Crippen LogP) is 3.48. The summed E-state index contributed by atoms with van der Waals surface area (Å²) in [6.45, 7) is 3.10.